The van der Waals surface area contributed by atoms with Crippen molar-refractivity contribution in [1.82, 2.24) is 0 Å². The van der Waals surface area contributed by atoms with Gasteiger partial charge in [0.25, 0.3) is 0 Å². The van der Waals surface area contributed by atoms with Gasteiger partial charge in [0.15, 0.2) is 0 Å². The van der Waals surface area contributed by atoms with Gasteiger partial charge in [0.2, 0.25) is 0 Å². The van der Waals surface area contributed by atoms with E-state index in [2.05, 4.69) is 0 Å². The number of anilines is 1. The van der Waals surface area contributed by atoms with Crippen LogP contribution in [0, 0.1) is 0 Å². The average molecular weight is 294 g/mol. The molecule has 102 valence electrons. The maximum Gasteiger partial charge on any atom is 0.471 e. The highest BCUT2D eigenvalue weighted by molar-refractivity contribution is 6.34. The van der Waals surface area contributed by atoms with Gasteiger partial charge in [0.05, 0.1) is 10.6 Å². The molecule has 1 aromatic rings. The van der Waals surface area contributed by atoms with Gasteiger partial charge in [-0.1, -0.05) is 11.6 Å². The van der Waals surface area contributed by atoms with Crippen molar-refractivity contribution < 1.29 is 27.9 Å². The van der Waals surface area contributed by atoms with Crippen LogP contribution in [0.4, 0.5) is 18.9 Å². The Bertz CT molecular complexity index is 571. The number of alkyl halides is 3. The Morgan fingerprint density at radius 2 is 1.95 bits per heavy atom. The summed E-state index contributed by atoms with van der Waals surface area (Å²) in [5.74, 6) is -3.25. The molecule has 1 heterocycles. The second-order valence-electron chi connectivity index (χ2n) is 3.97. The van der Waals surface area contributed by atoms with Crippen molar-refractivity contribution in [3.05, 3.63) is 28.3 Å². The molecule has 0 atom stereocenters. The van der Waals surface area contributed by atoms with E-state index < -0.39 is 18.1 Å². The topological polar surface area (TPSA) is 57.6 Å². The van der Waals surface area contributed by atoms with E-state index in [1.54, 1.807) is 0 Å². The highest BCUT2D eigenvalue weighted by Gasteiger charge is 2.44. The molecule has 1 aromatic carbocycles. The van der Waals surface area contributed by atoms with Gasteiger partial charge in [-0.15, -0.1) is 0 Å². The predicted octanol–water partition coefficient (Wildman–Crippen LogP) is 2.49. The van der Waals surface area contributed by atoms with Crippen LogP contribution in [0.3, 0.4) is 0 Å². The first kappa shape index (κ1) is 13.7. The van der Waals surface area contributed by atoms with Gasteiger partial charge in [-0.2, -0.15) is 13.2 Å². The summed E-state index contributed by atoms with van der Waals surface area (Å²) < 4.78 is 37.2. The minimum atomic E-state index is -4.97. The first-order chi connectivity index (χ1) is 8.71. The van der Waals surface area contributed by atoms with Crippen molar-refractivity contribution in [2.75, 3.05) is 11.4 Å². The largest absolute Gasteiger partial charge is 0.478 e. The first-order valence-corrected chi connectivity index (χ1v) is 5.54. The Labute approximate surface area is 110 Å². The number of aromatic carboxylic acids is 1. The molecule has 1 aliphatic rings. The molecule has 1 N–H and O–H groups in total. The molecule has 1 amide bonds. The molecule has 0 radical (unpaired) electrons. The van der Waals surface area contributed by atoms with E-state index >= 15 is 0 Å². The molecule has 8 heteroatoms. The number of hydrogen-bond donors (Lipinski definition) is 1. The highest BCUT2D eigenvalue weighted by atomic mass is 35.5. The lowest BCUT2D eigenvalue weighted by molar-refractivity contribution is -0.170. The summed E-state index contributed by atoms with van der Waals surface area (Å²) in [6.07, 6.45) is -4.81. The third-order valence-corrected chi connectivity index (χ3v) is 3.09. The van der Waals surface area contributed by atoms with Gasteiger partial charge in [0, 0.05) is 12.2 Å². The van der Waals surface area contributed by atoms with Gasteiger partial charge >= 0.3 is 18.1 Å². The average Bonchev–Trinajstić information content (AvgIpc) is 2.67. The molecular weight excluding hydrogens is 287 g/mol. The zero-order valence-corrected chi connectivity index (χ0v) is 10.0. The molecule has 0 bridgehead atoms. The van der Waals surface area contributed by atoms with E-state index in [4.69, 9.17) is 16.7 Å². The molecule has 2 rings (SSSR count). The lowest BCUT2D eigenvalue weighted by Gasteiger charge is -2.19. The summed E-state index contributed by atoms with van der Waals surface area (Å²) >= 11 is 5.69. The summed E-state index contributed by atoms with van der Waals surface area (Å²) in [5, 5.41) is 8.66. The number of benzene rings is 1. The maximum atomic E-state index is 12.4. The van der Waals surface area contributed by atoms with Crippen LogP contribution < -0.4 is 4.90 Å². The SMILES string of the molecule is O=C(O)c1cc2c(cc1Cl)N(C(=O)C(F)(F)F)CC2. The van der Waals surface area contributed by atoms with Crippen molar-refractivity contribution in [2.24, 2.45) is 0 Å². The van der Waals surface area contributed by atoms with Crippen LogP contribution >= 0.6 is 11.6 Å². The number of hydrogen-bond acceptors (Lipinski definition) is 2. The van der Waals surface area contributed by atoms with Crippen molar-refractivity contribution in [3.63, 3.8) is 0 Å². The Kier molecular flexibility index (Phi) is 3.17. The Morgan fingerprint density at radius 3 is 2.47 bits per heavy atom. The number of carboxylic acid groups (broad SMARTS) is 1. The van der Waals surface area contributed by atoms with E-state index in [0.29, 0.717) is 10.5 Å². The standard InChI is InChI=1S/C11H7ClF3NO3/c12-7-4-8-5(3-6(7)9(17)18)1-2-16(8)10(19)11(13,14)15/h3-4H,1-2H2,(H,17,18). The van der Waals surface area contributed by atoms with Gasteiger partial charge in [-0.3, -0.25) is 4.79 Å². The molecule has 0 fully saturated rings. The minimum Gasteiger partial charge on any atom is -0.478 e. The molecule has 0 saturated heterocycles. The molecule has 1 aliphatic heterocycles. The van der Waals surface area contributed by atoms with Crippen molar-refractivity contribution in [2.45, 2.75) is 12.6 Å². The third kappa shape index (κ3) is 2.37. The van der Waals surface area contributed by atoms with Gasteiger partial charge in [-0.25, -0.2) is 4.79 Å². The number of nitrogens with zero attached hydrogens (tertiary/aromatic N) is 1. The van der Waals surface area contributed by atoms with E-state index in [0.717, 1.165) is 6.07 Å². The van der Waals surface area contributed by atoms with E-state index in [-0.39, 0.29) is 29.2 Å². The summed E-state index contributed by atoms with van der Waals surface area (Å²) in [4.78, 5) is 22.6. The van der Waals surface area contributed by atoms with Crippen molar-refractivity contribution >= 4 is 29.2 Å². The quantitative estimate of drug-likeness (QED) is 0.865. The van der Waals surface area contributed by atoms with E-state index in [9.17, 15) is 22.8 Å². The van der Waals surface area contributed by atoms with Crippen LogP contribution in [-0.4, -0.2) is 29.7 Å². The third-order valence-electron chi connectivity index (χ3n) is 2.78. The number of carboxylic acids is 1. The zero-order chi connectivity index (χ0) is 14.4. The molecule has 0 aromatic heterocycles. The van der Waals surface area contributed by atoms with Crippen LogP contribution in [0.2, 0.25) is 5.02 Å². The number of halogens is 4. The molecule has 0 saturated carbocycles. The Morgan fingerprint density at radius 1 is 1.32 bits per heavy atom. The van der Waals surface area contributed by atoms with Crippen LogP contribution in [0.1, 0.15) is 15.9 Å². The number of fused-ring (bicyclic) bond motifs is 1. The van der Waals surface area contributed by atoms with Gasteiger partial charge in [0.1, 0.15) is 0 Å². The predicted molar refractivity (Wildman–Crippen MR) is 60.5 cm³/mol. The summed E-state index contributed by atoms with van der Waals surface area (Å²) in [7, 11) is 0. The summed E-state index contributed by atoms with van der Waals surface area (Å²) in [5.41, 5.74) is 0.179. The number of rotatable bonds is 1. The lowest BCUT2D eigenvalue weighted by atomic mass is 10.1. The molecule has 0 unspecified atom stereocenters. The Hall–Kier alpha value is -1.76. The molecule has 4 nitrogen and oxygen atoms in total. The van der Waals surface area contributed by atoms with Gasteiger partial charge in [-0.05, 0) is 24.1 Å². The first-order valence-electron chi connectivity index (χ1n) is 5.16. The van der Waals surface area contributed by atoms with Crippen molar-refractivity contribution in [3.8, 4) is 0 Å². The van der Waals surface area contributed by atoms with Crippen molar-refractivity contribution in [1.29, 1.82) is 0 Å². The number of amides is 1. The van der Waals surface area contributed by atoms with Crippen LogP contribution in [0.15, 0.2) is 12.1 Å². The fourth-order valence-electron chi connectivity index (χ4n) is 1.94. The monoisotopic (exact) mass is 293 g/mol. The van der Waals surface area contributed by atoms with E-state index in [1.165, 1.54) is 6.07 Å². The fraction of sp³-hybridized carbons (Fsp3) is 0.273. The van der Waals surface area contributed by atoms with Crippen LogP contribution in [0.5, 0.6) is 0 Å². The second-order valence-corrected chi connectivity index (χ2v) is 4.38. The molecule has 0 aliphatic carbocycles. The smallest absolute Gasteiger partial charge is 0.471 e. The van der Waals surface area contributed by atoms with Crippen LogP contribution in [0.25, 0.3) is 0 Å². The molecular formula is C11H7ClF3NO3. The van der Waals surface area contributed by atoms with Gasteiger partial charge < -0.3 is 10.0 Å². The minimum absolute atomic E-state index is 0.0114. The lowest BCUT2D eigenvalue weighted by Crippen LogP contribution is -2.40. The number of carbonyl (C=O) groups is 2. The normalized spacial score (nSPS) is 14.4. The summed E-state index contributed by atoms with van der Waals surface area (Å²) in [6.45, 7) is -0.146. The molecule has 0 spiro atoms. The molecule has 19 heavy (non-hydrogen) atoms. The van der Waals surface area contributed by atoms with E-state index in [1.807, 2.05) is 0 Å². The maximum absolute atomic E-state index is 12.4. The number of carbonyl (C=O) groups excluding carboxylic acids is 1. The highest BCUT2D eigenvalue weighted by Crippen LogP contribution is 2.35. The fourth-order valence-corrected chi connectivity index (χ4v) is 2.18. The summed E-state index contributed by atoms with van der Waals surface area (Å²) in [6, 6.07) is 2.28. The zero-order valence-electron chi connectivity index (χ0n) is 9.29. The second kappa shape index (κ2) is 4.41. The van der Waals surface area contributed by atoms with Crippen LogP contribution in [-0.2, 0) is 11.2 Å². The Balaban J connectivity index is 2.44.